The van der Waals surface area contributed by atoms with Gasteiger partial charge in [-0.15, -0.1) is 0 Å². The van der Waals surface area contributed by atoms with Crippen LogP contribution in [0.5, 0.6) is 0 Å². The van der Waals surface area contributed by atoms with Gasteiger partial charge in [0.2, 0.25) is 0 Å². The Morgan fingerprint density at radius 2 is 2.12 bits per heavy atom. The molecule has 1 nitrogen and oxygen atoms in total. The molecule has 1 aromatic carbocycles. The largest absolute Gasteiger partial charge is 0.313 e. The van der Waals surface area contributed by atoms with Crippen LogP contribution in [0.25, 0.3) is 0 Å². The lowest BCUT2D eigenvalue weighted by atomic mass is 9.94. The first-order valence-electron chi connectivity index (χ1n) is 5.71. The van der Waals surface area contributed by atoms with Crippen molar-refractivity contribution in [3.8, 4) is 0 Å². The van der Waals surface area contributed by atoms with Crippen molar-refractivity contribution in [1.29, 1.82) is 0 Å². The Kier molecular flexibility index (Phi) is 5.23. The fourth-order valence-corrected chi connectivity index (χ4v) is 2.09. The van der Waals surface area contributed by atoms with Crippen LogP contribution < -0.4 is 5.32 Å². The van der Waals surface area contributed by atoms with Gasteiger partial charge in [-0.1, -0.05) is 37.9 Å². The lowest BCUT2D eigenvalue weighted by Gasteiger charge is -2.21. The van der Waals surface area contributed by atoms with Crippen molar-refractivity contribution in [2.24, 2.45) is 5.92 Å². The molecule has 0 saturated heterocycles. The summed E-state index contributed by atoms with van der Waals surface area (Å²) in [6.45, 7) is 4.30. The Balaban J connectivity index is 2.94. The van der Waals surface area contributed by atoms with Crippen molar-refractivity contribution in [2.45, 2.75) is 32.7 Å². The van der Waals surface area contributed by atoms with Crippen LogP contribution in [-0.4, -0.2) is 7.05 Å². The molecule has 0 amide bonds. The van der Waals surface area contributed by atoms with Gasteiger partial charge in [0.1, 0.15) is 5.82 Å². The molecule has 0 aliphatic rings. The molecule has 1 rings (SSSR count). The zero-order valence-electron chi connectivity index (χ0n) is 10.1. The maximum Gasteiger partial charge on any atom is 0.129 e. The topological polar surface area (TPSA) is 12.0 Å². The van der Waals surface area contributed by atoms with Gasteiger partial charge in [-0.05, 0) is 31.5 Å². The molecular formula is C13H19ClFN. The summed E-state index contributed by atoms with van der Waals surface area (Å²) in [6, 6.07) is 4.82. The first kappa shape index (κ1) is 13.5. The zero-order chi connectivity index (χ0) is 12.1. The van der Waals surface area contributed by atoms with Crippen LogP contribution in [0.1, 0.15) is 38.3 Å². The molecule has 2 unspecified atom stereocenters. The first-order chi connectivity index (χ1) is 7.60. The van der Waals surface area contributed by atoms with Gasteiger partial charge in [-0.3, -0.25) is 0 Å². The fraction of sp³-hybridized carbons (Fsp3) is 0.538. The lowest BCUT2D eigenvalue weighted by molar-refractivity contribution is 0.411. The van der Waals surface area contributed by atoms with Gasteiger partial charge in [0.05, 0.1) is 0 Å². The molecule has 90 valence electrons. The van der Waals surface area contributed by atoms with E-state index in [0.717, 1.165) is 12.8 Å². The molecule has 0 aliphatic carbocycles. The van der Waals surface area contributed by atoms with Crippen molar-refractivity contribution < 1.29 is 4.39 Å². The minimum Gasteiger partial charge on any atom is -0.313 e. The van der Waals surface area contributed by atoms with Crippen LogP contribution in [0.3, 0.4) is 0 Å². The van der Waals surface area contributed by atoms with Gasteiger partial charge >= 0.3 is 0 Å². The maximum absolute atomic E-state index is 13.7. The molecule has 1 N–H and O–H groups in total. The molecule has 0 heterocycles. The molecule has 1 aromatic rings. The van der Waals surface area contributed by atoms with Crippen molar-refractivity contribution in [1.82, 2.24) is 5.32 Å². The van der Waals surface area contributed by atoms with Gasteiger partial charge in [-0.2, -0.15) is 0 Å². The average Bonchev–Trinajstić information content (AvgIpc) is 2.27. The van der Waals surface area contributed by atoms with Gasteiger partial charge in [0.25, 0.3) is 0 Å². The molecule has 0 aromatic heterocycles. The van der Waals surface area contributed by atoms with E-state index in [9.17, 15) is 4.39 Å². The summed E-state index contributed by atoms with van der Waals surface area (Å²) in [7, 11) is 1.84. The van der Waals surface area contributed by atoms with Crippen LogP contribution >= 0.6 is 11.6 Å². The van der Waals surface area contributed by atoms with Crippen molar-refractivity contribution in [2.75, 3.05) is 7.05 Å². The molecule has 0 spiro atoms. The van der Waals surface area contributed by atoms with E-state index >= 15 is 0 Å². The summed E-state index contributed by atoms with van der Waals surface area (Å²) in [5.74, 6) is 0.322. The molecule has 0 saturated carbocycles. The molecule has 0 bridgehead atoms. The third kappa shape index (κ3) is 3.19. The quantitative estimate of drug-likeness (QED) is 0.818. The lowest BCUT2D eigenvalue weighted by Crippen LogP contribution is -2.20. The van der Waals surface area contributed by atoms with Gasteiger partial charge in [0.15, 0.2) is 0 Å². The summed E-state index contributed by atoms with van der Waals surface area (Å²) in [5.41, 5.74) is 0.590. The standard InChI is InChI=1S/C13H19ClFN/c1-4-9(2)8-12(16-3)13-10(14)6-5-7-11(13)15/h5-7,9,12,16H,4,8H2,1-3H3. The molecule has 0 radical (unpaired) electrons. The Morgan fingerprint density at radius 1 is 1.44 bits per heavy atom. The van der Waals surface area contributed by atoms with Crippen LogP contribution in [-0.2, 0) is 0 Å². The van der Waals surface area contributed by atoms with Crippen LogP contribution in [0, 0.1) is 11.7 Å². The minimum absolute atomic E-state index is 0.0105. The smallest absolute Gasteiger partial charge is 0.129 e. The highest BCUT2D eigenvalue weighted by atomic mass is 35.5. The summed E-state index contributed by atoms with van der Waals surface area (Å²) >= 11 is 6.05. The summed E-state index contributed by atoms with van der Waals surface area (Å²) in [6.07, 6.45) is 1.98. The second-order valence-electron chi connectivity index (χ2n) is 4.23. The highest BCUT2D eigenvalue weighted by molar-refractivity contribution is 6.31. The SMILES string of the molecule is CCC(C)CC(NC)c1c(F)cccc1Cl. The molecular weight excluding hydrogens is 225 g/mol. The van der Waals surface area contributed by atoms with Gasteiger partial charge < -0.3 is 5.32 Å². The highest BCUT2D eigenvalue weighted by Crippen LogP contribution is 2.30. The summed E-state index contributed by atoms with van der Waals surface area (Å²) in [5, 5.41) is 3.64. The van der Waals surface area contributed by atoms with Gasteiger partial charge in [0, 0.05) is 16.6 Å². The second kappa shape index (κ2) is 6.21. The number of hydrogen-bond acceptors (Lipinski definition) is 1. The first-order valence-corrected chi connectivity index (χ1v) is 6.09. The number of nitrogens with one attached hydrogen (secondary N) is 1. The molecule has 0 aliphatic heterocycles. The third-order valence-electron chi connectivity index (χ3n) is 3.03. The Hall–Kier alpha value is -0.600. The Labute approximate surface area is 102 Å². The summed E-state index contributed by atoms with van der Waals surface area (Å²) < 4.78 is 13.7. The van der Waals surface area contributed by atoms with E-state index in [0.29, 0.717) is 16.5 Å². The zero-order valence-corrected chi connectivity index (χ0v) is 10.8. The van der Waals surface area contributed by atoms with E-state index in [4.69, 9.17) is 11.6 Å². The monoisotopic (exact) mass is 243 g/mol. The van der Waals surface area contributed by atoms with Crippen LogP contribution in [0.15, 0.2) is 18.2 Å². The normalized spacial score (nSPS) is 14.8. The summed E-state index contributed by atoms with van der Waals surface area (Å²) in [4.78, 5) is 0. The van der Waals surface area contributed by atoms with E-state index in [2.05, 4.69) is 19.2 Å². The highest BCUT2D eigenvalue weighted by Gasteiger charge is 2.19. The maximum atomic E-state index is 13.7. The van der Waals surface area contributed by atoms with Gasteiger partial charge in [-0.25, -0.2) is 4.39 Å². The Morgan fingerprint density at radius 3 is 2.62 bits per heavy atom. The molecule has 0 fully saturated rings. The van der Waals surface area contributed by atoms with Crippen molar-refractivity contribution in [3.05, 3.63) is 34.6 Å². The fourth-order valence-electron chi connectivity index (χ4n) is 1.79. The molecule has 2 atom stereocenters. The van der Waals surface area contributed by atoms with E-state index in [1.54, 1.807) is 12.1 Å². The predicted molar refractivity (Wildman–Crippen MR) is 67.3 cm³/mol. The second-order valence-corrected chi connectivity index (χ2v) is 4.63. The minimum atomic E-state index is -0.227. The predicted octanol–water partition coefficient (Wildman–Crippen LogP) is 4.18. The van der Waals surface area contributed by atoms with E-state index in [1.165, 1.54) is 6.07 Å². The van der Waals surface area contributed by atoms with Crippen LogP contribution in [0.2, 0.25) is 5.02 Å². The average molecular weight is 244 g/mol. The van der Waals surface area contributed by atoms with Crippen molar-refractivity contribution in [3.63, 3.8) is 0 Å². The number of benzene rings is 1. The number of rotatable bonds is 5. The number of hydrogen-bond donors (Lipinski definition) is 1. The third-order valence-corrected chi connectivity index (χ3v) is 3.36. The Bertz CT molecular complexity index is 320. The molecule has 16 heavy (non-hydrogen) atoms. The van der Waals surface area contributed by atoms with E-state index in [-0.39, 0.29) is 11.9 Å². The molecule has 3 heteroatoms. The van der Waals surface area contributed by atoms with Crippen LogP contribution in [0.4, 0.5) is 4.39 Å². The van der Waals surface area contributed by atoms with E-state index in [1.807, 2.05) is 7.05 Å². The van der Waals surface area contributed by atoms with Crippen molar-refractivity contribution >= 4 is 11.6 Å². The van der Waals surface area contributed by atoms with E-state index < -0.39 is 0 Å². The number of halogens is 2.